The van der Waals surface area contributed by atoms with E-state index in [1.807, 2.05) is 24.0 Å². The Balaban J connectivity index is 1.76. The van der Waals surface area contributed by atoms with Gasteiger partial charge in [0, 0.05) is 37.8 Å². The van der Waals surface area contributed by atoms with E-state index in [0.717, 1.165) is 37.3 Å². The number of aryl methyl sites for hydroxylation is 1. The fourth-order valence-corrected chi connectivity index (χ4v) is 3.19. The topological polar surface area (TPSA) is 55.8 Å². The van der Waals surface area contributed by atoms with E-state index in [1.54, 1.807) is 6.07 Å². The Bertz CT molecular complexity index is 532. The summed E-state index contributed by atoms with van der Waals surface area (Å²) in [7, 11) is 0. The summed E-state index contributed by atoms with van der Waals surface area (Å²) in [6.07, 6.45) is 0. The van der Waals surface area contributed by atoms with E-state index in [-0.39, 0.29) is 18.1 Å². The maximum atomic E-state index is 11.6. The van der Waals surface area contributed by atoms with Gasteiger partial charge >= 0.3 is 6.03 Å². The van der Waals surface area contributed by atoms with Gasteiger partial charge in [-0.15, -0.1) is 0 Å². The number of rotatable bonds is 2. The van der Waals surface area contributed by atoms with Gasteiger partial charge in [-0.05, 0) is 19.9 Å². The smallest absolute Gasteiger partial charge is 0.317 e. The molecule has 2 aliphatic heterocycles. The van der Waals surface area contributed by atoms with Gasteiger partial charge in [0.15, 0.2) is 0 Å². The third kappa shape index (κ3) is 2.22. The van der Waals surface area contributed by atoms with Crippen molar-refractivity contribution in [2.24, 2.45) is 0 Å². The number of nitrogens with zero attached hydrogens (tertiary/aromatic N) is 2. The first-order chi connectivity index (χ1) is 9.56. The third-order valence-corrected chi connectivity index (χ3v) is 4.44. The second-order valence-electron chi connectivity index (χ2n) is 5.77. The van der Waals surface area contributed by atoms with E-state index in [1.165, 1.54) is 0 Å². The molecule has 0 saturated carbocycles. The minimum absolute atomic E-state index is 0.0562. The Kier molecular flexibility index (Phi) is 3.30. The Morgan fingerprint density at radius 3 is 3.00 bits per heavy atom. The van der Waals surface area contributed by atoms with Gasteiger partial charge in [-0.2, -0.15) is 0 Å². The molecule has 2 heterocycles. The second-order valence-corrected chi connectivity index (χ2v) is 5.77. The van der Waals surface area contributed by atoms with Crippen molar-refractivity contribution in [1.29, 1.82) is 0 Å². The van der Waals surface area contributed by atoms with Crippen molar-refractivity contribution in [3.8, 4) is 5.75 Å². The highest BCUT2D eigenvalue weighted by Crippen LogP contribution is 2.31. The number of urea groups is 1. The summed E-state index contributed by atoms with van der Waals surface area (Å²) in [5.41, 5.74) is 2.12. The number of carbonyl (C=O) groups is 1. The Morgan fingerprint density at radius 1 is 1.40 bits per heavy atom. The number of hydrogen-bond acceptors (Lipinski definition) is 3. The molecule has 2 amide bonds. The molecule has 108 valence electrons. The van der Waals surface area contributed by atoms with E-state index in [9.17, 15) is 9.90 Å². The second kappa shape index (κ2) is 4.98. The molecule has 20 heavy (non-hydrogen) atoms. The van der Waals surface area contributed by atoms with Gasteiger partial charge in [0.25, 0.3) is 0 Å². The average Bonchev–Trinajstić information content (AvgIpc) is 2.82. The van der Waals surface area contributed by atoms with Gasteiger partial charge in [0.1, 0.15) is 5.75 Å². The first-order valence-electron chi connectivity index (χ1n) is 7.14. The molecule has 0 bridgehead atoms. The summed E-state index contributed by atoms with van der Waals surface area (Å²) < 4.78 is 0. The molecule has 2 fully saturated rings. The molecule has 0 aromatic heterocycles. The molecule has 5 nitrogen and oxygen atoms in total. The monoisotopic (exact) mass is 275 g/mol. The number of piperazine rings is 1. The van der Waals surface area contributed by atoms with Crippen LogP contribution < -0.4 is 5.32 Å². The molecule has 0 spiro atoms. The summed E-state index contributed by atoms with van der Waals surface area (Å²) >= 11 is 0. The number of phenolic OH excluding ortho intramolecular Hbond substituents is 1. The van der Waals surface area contributed by atoms with Crippen LogP contribution in [0.5, 0.6) is 5.75 Å². The summed E-state index contributed by atoms with van der Waals surface area (Å²) in [5, 5.41) is 13.0. The van der Waals surface area contributed by atoms with Crippen molar-refractivity contribution in [3.05, 3.63) is 29.3 Å². The third-order valence-electron chi connectivity index (χ3n) is 4.44. The van der Waals surface area contributed by atoms with Crippen LogP contribution in [0.3, 0.4) is 0 Å². The predicted octanol–water partition coefficient (Wildman–Crippen LogP) is 1.47. The average molecular weight is 275 g/mol. The van der Waals surface area contributed by atoms with Crippen LogP contribution in [-0.4, -0.2) is 53.2 Å². The molecule has 2 atom stereocenters. The number of benzene rings is 1. The molecule has 0 radical (unpaired) electrons. The molecule has 2 aliphatic rings. The lowest BCUT2D eigenvalue weighted by molar-refractivity contribution is 0.0930. The van der Waals surface area contributed by atoms with Gasteiger partial charge in [-0.3, -0.25) is 4.90 Å². The van der Waals surface area contributed by atoms with Gasteiger partial charge in [-0.25, -0.2) is 4.79 Å². The summed E-state index contributed by atoms with van der Waals surface area (Å²) in [5.74, 6) is 0.353. The Hall–Kier alpha value is -1.75. The molecule has 3 rings (SSSR count). The molecular formula is C15H21N3O2. The van der Waals surface area contributed by atoms with E-state index < -0.39 is 0 Å². The minimum Gasteiger partial charge on any atom is -0.508 e. The lowest BCUT2D eigenvalue weighted by atomic mass is 10.0. The fourth-order valence-electron chi connectivity index (χ4n) is 3.19. The quantitative estimate of drug-likeness (QED) is 0.859. The lowest BCUT2D eigenvalue weighted by Gasteiger charge is -2.40. The Morgan fingerprint density at radius 2 is 2.20 bits per heavy atom. The van der Waals surface area contributed by atoms with Gasteiger partial charge in [0.05, 0.1) is 6.04 Å². The molecule has 2 N–H and O–H groups in total. The van der Waals surface area contributed by atoms with Crippen LogP contribution >= 0.6 is 0 Å². The maximum Gasteiger partial charge on any atom is 0.317 e. The van der Waals surface area contributed by atoms with Crippen molar-refractivity contribution in [2.45, 2.75) is 25.9 Å². The van der Waals surface area contributed by atoms with Crippen LogP contribution in [0.4, 0.5) is 4.79 Å². The first-order valence-corrected chi connectivity index (χ1v) is 7.14. The highest BCUT2D eigenvalue weighted by atomic mass is 16.3. The van der Waals surface area contributed by atoms with Crippen molar-refractivity contribution in [3.63, 3.8) is 0 Å². The molecule has 1 aromatic rings. The normalized spacial score (nSPS) is 24.4. The fraction of sp³-hybridized carbons (Fsp3) is 0.533. The number of hydrogen-bond donors (Lipinski definition) is 2. The van der Waals surface area contributed by atoms with Crippen LogP contribution in [0.15, 0.2) is 18.2 Å². The summed E-state index contributed by atoms with van der Waals surface area (Å²) in [4.78, 5) is 15.9. The zero-order chi connectivity index (χ0) is 14.3. The van der Waals surface area contributed by atoms with Gasteiger partial charge < -0.3 is 15.3 Å². The zero-order valence-electron chi connectivity index (χ0n) is 12.0. The van der Waals surface area contributed by atoms with E-state index in [4.69, 9.17) is 0 Å². The first kappa shape index (κ1) is 13.2. The van der Waals surface area contributed by atoms with Crippen molar-refractivity contribution < 1.29 is 9.90 Å². The SMILES string of the molecule is Cc1ccc(O)c(C(C)N2CCN3C(=O)NCC3C2)c1. The molecule has 1 aromatic carbocycles. The van der Waals surface area contributed by atoms with E-state index in [0.29, 0.717) is 5.75 Å². The summed E-state index contributed by atoms with van der Waals surface area (Å²) in [6.45, 7) is 7.34. The summed E-state index contributed by atoms with van der Waals surface area (Å²) in [6, 6.07) is 6.20. The van der Waals surface area contributed by atoms with Crippen molar-refractivity contribution in [1.82, 2.24) is 15.1 Å². The Labute approximate surface area is 119 Å². The van der Waals surface area contributed by atoms with Crippen molar-refractivity contribution in [2.75, 3.05) is 26.2 Å². The van der Waals surface area contributed by atoms with Crippen LogP contribution in [0, 0.1) is 6.92 Å². The van der Waals surface area contributed by atoms with Crippen molar-refractivity contribution >= 4 is 6.03 Å². The van der Waals surface area contributed by atoms with Gasteiger partial charge in [-0.1, -0.05) is 17.7 Å². The largest absolute Gasteiger partial charge is 0.508 e. The molecule has 5 heteroatoms. The molecule has 2 unspecified atom stereocenters. The van der Waals surface area contributed by atoms with E-state index in [2.05, 4.69) is 17.1 Å². The number of carbonyl (C=O) groups excluding carboxylic acids is 1. The molecule has 0 aliphatic carbocycles. The predicted molar refractivity (Wildman–Crippen MR) is 76.7 cm³/mol. The standard InChI is InChI=1S/C15H21N3O2/c1-10-3-4-14(19)13(7-10)11(2)17-5-6-18-12(9-17)8-16-15(18)20/h3-4,7,11-12,19H,5-6,8-9H2,1-2H3,(H,16,20). The van der Waals surface area contributed by atoms with Crippen LogP contribution in [0.1, 0.15) is 24.1 Å². The maximum absolute atomic E-state index is 11.6. The highest BCUT2D eigenvalue weighted by molar-refractivity contribution is 5.77. The number of aromatic hydroxyl groups is 1. The zero-order valence-corrected chi connectivity index (χ0v) is 12.0. The lowest BCUT2D eigenvalue weighted by Crippen LogP contribution is -2.52. The highest BCUT2D eigenvalue weighted by Gasteiger charge is 2.37. The molecule has 2 saturated heterocycles. The van der Waals surface area contributed by atoms with Crippen LogP contribution in [-0.2, 0) is 0 Å². The number of nitrogens with one attached hydrogen (secondary N) is 1. The van der Waals surface area contributed by atoms with Crippen LogP contribution in [0.2, 0.25) is 0 Å². The van der Waals surface area contributed by atoms with E-state index >= 15 is 0 Å². The van der Waals surface area contributed by atoms with Crippen LogP contribution in [0.25, 0.3) is 0 Å². The number of phenols is 1. The number of amides is 2. The molecular weight excluding hydrogens is 254 g/mol. The number of fused-ring (bicyclic) bond motifs is 1. The minimum atomic E-state index is 0.0562. The van der Waals surface area contributed by atoms with Gasteiger partial charge in [0.2, 0.25) is 0 Å².